The number of H-pyrrole nitrogens is 1. The van der Waals surface area contributed by atoms with Crippen molar-refractivity contribution in [3.8, 4) is 0 Å². The molecule has 0 radical (unpaired) electrons. The molecule has 0 aliphatic carbocycles. The molecule has 0 amide bonds. The van der Waals surface area contributed by atoms with Gasteiger partial charge in [-0.05, 0) is 18.1 Å². The van der Waals surface area contributed by atoms with Gasteiger partial charge in [0.05, 0.1) is 6.61 Å². The summed E-state index contributed by atoms with van der Waals surface area (Å²) in [5, 5.41) is 0. The summed E-state index contributed by atoms with van der Waals surface area (Å²) in [6.45, 7) is 2.47. The van der Waals surface area contributed by atoms with E-state index in [0.29, 0.717) is 6.61 Å². The van der Waals surface area contributed by atoms with Crippen molar-refractivity contribution >= 4 is 0 Å². The van der Waals surface area contributed by atoms with E-state index in [-0.39, 0.29) is 5.56 Å². The number of rotatable bonds is 3. The lowest BCUT2D eigenvalue weighted by molar-refractivity contribution is 0.184. The van der Waals surface area contributed by atoms with Crippen molar-refractivity contribution in [3.05, 3.63) is 33.7 Å². The van der Waals surface area contributed by atoms with Gasteiger partial charge in [0.2, 0.25) is 0 Å². The Hall–Kier alpha value is -1.09. The smallest absolute Gasteiger partial charge is 0.251 e. The molecule has 0 bridgehead atoms. The number of methoxy groups -OCH3 is 1. The molecule has 3 nitrogen and oxygen atoms in total. The Morgan fingerprint density at radius 3 is 2.92 bits per heavy atom. The number of nitrogens with one attached hydrogen (secondary N) is 1. The molecule has 0 fully saturated rings. The van der Waals surface area contributed by atoms with Gasteiger partial charge in [0.25, 0.3) is 5.56 Å². The lowest BCUT2D eigenvalue weighted by Crippen LogP contribution is -2.14. The Balaban J connectivity index is 3.09. The summed E-state index contributed by atoms with van der Waals surface area (Å²) in [6, 6.07) is 1.88. The van der Waals surface area contributed by atoms with E-state index in [9.17, 15) is 4.79 Å². The van der Waals surface area contributed by atoms with Crippen molar-refractivity contribution in [1.29, 1.82) is 0 Å². The average Bonchev–Trinajstić information content (AvgIpc) is 2.05. The summed E-state index contributed by atoms with van der Waals surface area (Å²) in [4.78, 5) is 13.9. The Morgan fingerprint density at radius 2 is 2.33 bits per heavy atom. The minimum atomic E-state index is -0.00736. The van der Waals surface area contributed by atoms with Crippen LogP contribution in [0.5, 0.6) is 0 Å². The molecule has 0 unspecified atom stereocenters. The molecule has 12 heavy (non-hydrogen) atoms. The third-order valence-corrected chi connectivity index (χ3v) is 1.81. The highest BCUT2D eigenvalue weighted by Gasteiger charge is 2.02. The molecule has 0 aromatic carbocycles. The molecule has 0 atom stereocenters. The summed E-state index contributed by atoms with van der Waals surface area (Å²) in [5.41, 5.74) is 1.79. The molecular formula is C9H13NO2. The number of hydrogen-bond donors (Lipinski definition) is 1. The van der Waals surface area contributed by atoms with E-state index in [1.807, 2.05) is 13.0 Å². The fraction of sp³-hybridized carbons (Fsp3) is 0.444. The van der Waals surface area contributed by atoms with E-state index in [1.165, 1.54) is 0 Å². The van der Waals surface area contributed by atoms with Gasteiger partial charge in [0.1, 0.15) is 0 Å². The first kappa shape index (κ1) is 9.00. The first-order valence-corrected chi connectivity index (χ1v) is 3.98. The van der Waals surface area contributed by atoms with Crippen molar-refractivity contribution in [3.63, 3.8) is 0 Å². The number of ether oxygens (including phenoxy) is 1. The minimum absolute atomic E-state index is 0.00736. The van der Waals surface area contributed by atoms with Gasteiger partial charge in [-0.25, -0.2) is 0 Å². The highest BCUT2D eigenvalue weighted by Crippen LogP contribution is 2.04. The average molecular weight is 167 g/mol. The van der Waals surface area contributed by atoms with Crippen LogP contribution in [0.2, 0.25) is 0 Å². The first-order chi connectivity index (χ1) is 5.79. The predicted octanol–water partition coefficient (Wildman–Crippen LogP) is 1.08. The van der Waals surface area contributed by atoms with Crippen molar-refractivity contribution in [1.82, 2.24) is 4.98 Å². The predicted molar refractivity (Wildman–Crippen MR) is 47.2 cm³/mol. The quantitative estimate of drug-likeness (QED) is 0.732. The van der Waals surface area contributed by atoms with E-state index >= 15 is 0 Å². The maximum atomic E-state index is 11.2. The van der Waals surface area contributed by atoms with Gasteiger partial charge in [-0.15, -0.1) is 0 Å². The molecule has 0 aliphatic rings. The molecule has 1 aromatic heterocycles. The summed E-state index contributed by atoms with van der Waals surface area (Å²) in [7, 11) is 1.63. The van der Waals surface area contributed by atoms with Gasteiger partial charge in [-0.1, -0.05) is 6.92 Å². The molecule has 3 heteroatoms. The van der Waals surface area contributed by atoms with Crippen molar-refractivity contribution in [2.75, 3.05) is 7.11 Å². The molecule has 0 saturated carbocycles. The Kier molecular flexibility index (Phi) is 3.05. The van der Waals surface area contributed by atoms with Gasteiger partial charge in [-0.3, -0.25) is 4.79 Å². The van der Waals surface area contributed by atoms with Crippen molar-refractivity contribution in [2.45, 2.75) is 20.0 Å². The maximum absolute atomic E-state index is 11.2. The van der Waals surface area contributed by atoms with Crippen LogP contribution in [-0.2, 0) is 17.8 Å². The van der Waals surface area contributed by atoms with Crippen LogP contribution in [0.15, 0.2) is 17.1 Å². The van der Waals surface area contributed by atoms with Gasteiger partial charge < -0.3 is 9.72 Å². The summed E-state index contributed by atoms with van der Waals surface area (Å²) < 4.78 is 4.97. The second-order valence-electron chi connectivity index (χ2n) is 2.60. The number of hydrogen-bond acceptors (Lipinski definition) is 2. The van der Waals surface area contributed by atoms with Gasteiger partial charge >= 0.3 is 0 Å². The zero-order valence-corrected chi connectivity index (χ0v) is 7.39. The normalized spacial score (nSPS) is 10.2. The largest absolute Gasteiger partial charge is 0.380 e. The molecule has 66 valence electrons. The van der Waals surface area contributed by atoms with Gasteiger partial charge in [-0.2, -0.15) is 0 Å². The minimum Gasteiger partial charge on any atom is -0.380 e. The van der Waals surface area contributed by atoms with Gasteiger partial charge in [0.15, 0.2) is 0 Å². The van der Waals surface area contributed by atoms with Crippen LogP contribution in [0.4, 0.5) is 0 Å². The Bertz CT molecular complexity index is 304. The molecular weight excluding hydrogens is 154 g/mol. The third kappa shape index (κ3) is 1.74. The van der Waals surface area contributed by atoms with E-state index in [0.717, 1.165) is 17.5 Å². The molecule has 0 saturated heterocycles. The van der Waals surface area contributed by atoms with E-state index in [2.05, 4.69) is 4.98 Å². The van der Waals surface area contributed by atoms with Crippen LogP contribution in [0, 0.1) is 0 Å². The second-order valence-corrected chi connectivity index (χ2v) is 2.60. The first-order valence-electron chi connectivity index (χ1n) is 3.98. The summed E-state index contributed by atoms with van der Waals surface area (Å²) >= 11 is 0. The highest BCUT2D eigenvalue weighted by atomic mass is 16.5. The Morgan fingerprint density at radius 1 is 1.58 bits per heavy atom. The van der Waals surface area contributed by atoms with Crippen LogP contribution in [0.1, 0.15) is 18.1 Å². The number of aromatic nitrogens is 1. The standard InChI is InChI=1S/C9H13NO2/c1-3-8-7(6-12-2)4-5-10-9(8)11/h4-5H,3,6H2,1-2H3,(H,10,11). The molecule has 1 aromatic rings. The van der Waals surface area contributed by atoms with Crippen LogP contribution in [0.25, 0.3) is 0 Å². The third-order valence-electron chi connectivity index (χ3n) is 1.81. The molecule has 1 heterocycles. The number of aromatic amines is 1. The molecule has 0 aliphatic heterocycles. The van der Waals surface area contributed by atoms with Gasteiger partial charge in [0, 0.05) is 18.9 Å². The summed E-state index contributed by atoms with van der Waals surface area (Å²) in [5.74, 6) is 0. The second kappa shape index (κ2) is 4.07. The maximum Gasteiger partial charge on any atom is 0.251 e. The van der Waals surface area contributed by atoms with Crippen LogP contribution in [-0.4, -0.2) is 12.1 Å². The lowest BCUT2D eigenvalue weighted by atomic mass is 10.1. The topological polar surface area (TPSA) is 42.1 Å². The number of pyridine rings is 1. The van der Waals surface area contributed by atoms with Crippen LogP contribution in [0.3, 0.4) is 0 Å². The highest BCUT2D eigenvalue weighted by molar-refractivity contribution is 5.22. The zero-order valence-electron chi connectivity index (χ0n) is 7.39. The van der Waals surface area contributed by atoms with E-state index < -0.39 is 0 Å². The van der Waals surface area contributed by atoms with Crippen LogP contribution < -0.4 is 5.56 Å². The lowest BCUT2D eigenvalue weighted by Gasteiger charge is -2.03. The fourth-order valence-electron chi connectivity index (χ4n) is 1.23. The van der Waals surface area contributed by atoms with Crippen molar-refractivity contribution < 1.29 is 4.74 Å². The summed E-state index contributed by atoms with van der Waals surface area (Å²) in [6.07, 6.45) is 2.39. The van der Waals surface area contributed by atoms with Crippen LogP contribution >= 0.6 is 0 Å². The Labute approximate surface area is 71.4 Å². The van der Waals surface area contributed by atoms with E-state index in [1.54, 1.807) is 13.3 Å². The molecule has 1 N–H and O–H groups in total. The molecule has 1 rings (SSSR count). The monoisotopic (exact) mass is 167 g/mol. The fourth-order valence-corrected chi connectivity index (χ4v) is 1.23. The van der Waals surface area contributed by atoms with Crippen molar-refractivity contribution in [2.24, 2.45) is 0 Å². The SMILES string of the molecule is CCc1c(COC)cc[nH]c1=O. The zero-order chi connectivity index (χ0) is 8.97. The molecule has 0 spiro atoms. The van der Waals surface area contributed by atoms with E-state index in [4.69, 9.17) is 4.74 Å².